The smallest absolute Gasteiger partial charge is 0.392 e. The first-order valence-corrected chi connectivity index (χ1v) is 15.5. The Balaban J connectivity index is 1.69. The number of rotatable bonds is 5. The summed E-state index contributed by atoms with van der Waals surface area (Å²) in [6.45, 7) is -0.339. The number of sulfone groups is 1. The second kappa shape index (κ2) is 10.7. The molecule has 3 aromatic carbocycles. The van der Waals surface area contributed by atoms with Crippen LogP contribution >= 0.6 is 22.6 Å². The highest BCUT2D eigenvalue weighted by Gasteiger charge is 2.73. The number of nitrogens with zero attached hydrogens (tertiary/aromatic N) is 1. The van der Waals surface area contributed by atoms with Crippen LogP contribution in [0.1, 0.15) is 45.5 Å². The predicted molar refractivity (Wildman–Crippen MR) is 149 cm³/mol. The lowest BCUT2D eigenvalue weighted by Gasteiger charge is -2.43. The molecule has 1 N–H and O–H groups in total. The molecule has 1 fully saturated rings. The number of aliphatic hydroxyl groups excluding tert-OH is 1. The van der Waals surface area contributed by atoms with E-state index in [-0.39, 0.29) is 54.0 Å². The van der Waals surface area contributed by atoms with Gasteiger partial charge in [0.1, 0.15) is 4.75 Å². The lowest BCUT2D eigenvalue weighted by molar-refractivity contribution is -0.348. The maximum absolute atomic E-state index is 15.0. The first-order chi connectivity index (χ1) is 20.0. The van der Waals surface area contributed by atoms with Gasteiger partial charge in [-0.15, -0.1) is 0 Å². The Hall–Kier alpha value is -2.72. The van der Waals surface area contributed by atoms with E-state index in [9.17, 15) is 49.1 Å². The molecule has 1 aliphatic carbocycles. The molecule has 43 heavy (non-hydrogen) atoms. The van der Waals surface area contributed by atoms with Crippen molar-refractivity contribution in [1.29, 1.82) is 0 Å². The number of carbonyl (C=O) groups excluding carboxylic acids is 1. The summed E-state index contributed by atoms with van der Waals surface area (Å²) in [7, 11) is -4.42. The Morgan fingerprint density at radius 1 is 0.930 bits per heavy atom. The zero-order valence-electron chi connectivity index (χ0n) is 22.0. The number of amides is 1. The number of halogens is 8. The van der Waals surface area contributed by atoms with E-state index < -0.39 is 50.1 Å². The fourth-order valence-electron chi connectivity index (χ4n) is 6.22. The van der Waals surface area contributed by atoms with Crippen LogP contribution in [0, 0.1) is 3.57 Å². The van der Waals surface area contributed by atoms with Crippen molar-refractivity contribution >= 4 is 38.3 Å². The van der Waals surface area contributed by atoms with Crippen molar-refractivity contribution < 1.29 is 49.1 Å². The molecule has 230 valence electrons. The van der Waals surface area contributed by atoms with Crippen molar-refractivity contribution in [2.24, 2.45) is 0 Å². The van der Waals surface area contributed by atoms with Crippen LogP contribution in [0.3, 0.4) is 0 Å². The fourth-order valence-corrected chi connectivity index (χ4v) is 8.94. The molecule has 5 rings (SSSR count). The number of benzene rings is 3. The molecule has 1 saturated heterocycles. The third kappa shape index (κ3) is 4.83. The number of alkyl halides is 7. The van der Waals surface area contributed by atoms with Gasteiger partial charge in [-0.3, -0.25) is 4.79 Å². The second-order valence-corrected chi connectivity index (χ2v) is 14.0. The zero-order valence-corrected chi connectivity index (χ0v) is 25.0. The standard InChI is InChI=1S/C29H23F7INO4S/c30-27(28(31,32)33,29(34,35)36)20-6-11-23-19(15-20)5-12-24-26(23,43(41,42)22-9-7-21(37)8-10-22)13-14-38(24)25(40)18-3-1-17(16-39)2-4-18/h1-4,6-11,15,24,39H,5,12-14,16H2/t24-,26-/m1/s1. The lowest BCUT2D eigenvalue weighted by atomic mass is 9.76. The normalized spacial score (nSPS) is 21.0. The highest BCUT2D eigenvalue weighted by molar-refractivity contribution is 14.1. The molecule has 1 heterocycles. The Morgan fingerprint density at radius 3 is 2.09 bits per heavy atom. The summed E-state index contributed by atoms with van der Waals surface area (Å²) < 4.78 is 124. The van der Waals surface area contributed by atoms with E-state index in [1.54, 1.807) is 0 Å². The molecule has 1 amide bonds. The number of likely N-dealkylation sites (tertiary alicyclic amines) is 1. The minimum Gasteiger partial charge on any atom is -0.392 e. The van der Waals surface area contributed by atoms with Crippen LogP contribution in [0.4, 0.5) is 30.7 Å². The van der Waals surface area contributed by atoms with E-state index in [2.05, 4.69) is 0 Å². The van der Waals surface area contributed by atoms with Gasteiger partial charge in [0.15, 0.2) is 9.84 Å². The van der Waals surface area contributed by atoms with Gasteiger partial charge in [0.25, 0.3) is 5.91 Å². The van der Waals surface area contributed by atoms with Gasteiger partial charge in [0, 0.05) is 21.2 Å². The van der Waals surface area contributed by atoms with Gasteiger partial charge < -0.3 is 10.0 Å². The number of hydrogen-bond donors (Lipinski definition) is 1. The summed E-state index contributed by atoms with van der Waals surface area (Å²) in [5.74, 6) is -0.522. The van der Waals surface area contributed by atoms with Gasteiger partial charge in [0.2, 0.25) is 0 Å². The third-order valence-corrected chi connectivity index (χ3v) is 11.6. The maximum Gasteiger partial charge on any atom is 0.435 e. The molecule has 2 aliphatic rings. The van der Waals surface area contributed by atoms with Crippen LogP contribution < -0.4 is 0 Å². The molecule has 14 heteroatoms. The molecule has 0 aromatic heterocycles. The van der Waals surface area contributed by atoms with Crippen LogP contribution in [-0.2, 0) is 33.3 Å². The first-order valence-electron chi connectivity index (χ1n) is 13.0. The van der Waals surface area contributed by atoms with Gasteiger partial charge in [-0.1, -0.05) is 30.3 Å². The van der Waals surface area contributed by atoms with Crippen molar-refractivity contribution in [1.82, 2.24) is 4.90 Å². The summed E-state index contributed by atoms with van der Waals surface area (Å²) in [5, 5.41) is 9.32. The van der Waals surface area contributed by atoms with Crippen molar-refractivity contribution in [2.75, 3.05) is 6.54 Å². The minimum absolute atomic E-state index is 0.0660. The Labute approximate surface area is 255 Å². The highest BCUT2D eigenvalue weighted by Crippen LogP contribution is 2.56. The predicted octanol–water partition coefficient (Wildman–Crippen LogP) is 6.60. The topological polar surface area (TPSA) is 74.7 Å². The molecule has 2 atom stereocenters. The van der Waals surface area contributed by atoms with Gasteiger partial charge in [-0.05, 0) is 94.9 Å². The SMILES string of the molecule is O=C(c1ccc(CO)cc1)N1CC[C@@]2(S(=O)(=O)c3ccc(I)cc3)c3ccc(C(F)(C(F)(F)F)C(F)(F)F)cc3CC[C@@H]12. The number of hydrogen-bond acceptors (Lipinski definition) is 4. The van der Waals surface area contributed by atoms with Crippen LogP contribution in [-0.4, -0.2) is 49.3 Å². The maximum atomic E-state index is 15.0. The molecule has 0 bridgehead atoms. The van der Waals surface area contributed by atoms with Crippen molar-refractivity contribution in [3.05, 3.63) is 98.1 Å². The number of carbonyl (C=O) groups is 1. The first kappa shape index (κ1) is 31.7. The van der Waals surface area contributed by atoms with E-state index in [0.717, 1.165) is 6.07 Å². The molecule has 0 radical (unpaired) electrons. The van der Waals surface area contributed by atoms with Crippen molar-refractivity contribution in [2.45, 2.75) is 59.6 Å². The number of aliphatic hydroxyl groups is 1. The fraction of sp³-hybridized carbons (Fsp3) is 0.345. The van der Waals surface area contributed by atoms with Crippen molar-refractivity contribution in [3.8, 4) is 0 Å². The summed E-state index contributed by atoms with van der Waals surface area (Å²) in [6.07, 6.45) is -13.2. The summed E-state index contributed by atoms with van der Waals surface area (Å²) in [6, 6.07) is 12.4. The zero-order chi connectivity index (χ0) is 31.6. The van der Waals surface area contributed by atoms with Crippen LogP contribution in [0.5, 0.6) is 0 Å². The van der Waals surface area contributed by atoms with Crippen LogP contribution in [0.15, 0.2) is 71.6 Å². The van der Waals surface area contributed by atoms with E-state index in [1.165, 1.54) is 53.4 Å². The Morgan fingerprint density at radius 2 is 1.53 bits per heavy atom. The monoisotopic (exact) mass is 741 g/mol. The van der Waals surface area contributed by atoms with E-state index >= 15 is 0 Å². The largest absolute Gasteiger partial charge is 0.435 e. The van der Waals surface area contributed by atoms with Gasteiger partial charge in [-0.2, -0.15) is 26.3 Å². The lowest BCUT2D eigenvalue weighted by Crippen LogP contribution is -2.53. The summed E-state index contributed by atoms with van der Waals surface area (Å²) in [4.78, 5) is 14.9. The molecule has 5 nitrogen and oxygen atoms in total. The van der Waals surface area contributed by atoms with Crippen LogP contribution in [0.2, 0.25) is 0 Å². The molecule has 1 aliphatic heterocycles. The second-order valence-electron chi connectivity index (χ2n) is 10.5. The van der Waals surface area contributed by atoms with Crippen molar-refractivity contribution in [3.63, 3.8) is 0 Å². The van der Waals surface area contributed by atoms with E-state index in [4.69, 9.17) is 0 Å². The van der Waals surface area contributed by atoms with E-state index in [0.29, 0.717) is 21.3 Å². The molecule has 0 unspecified atom stereocenters. The van der Waals surface area contributed by atoms with Crippen LogP contribution in [0.25, 0.3) is 0 Å². The van der Waals surface area contributed by atoms with Gasteiger partial charge in [-0.25, -0.2) is 12.8 Å². The van der Waals surface area contributed by atoms with E-state index in [1.807, 2.05) is 22.6 Å². The average Bonchev–Trinajstić information content (AvgIpc) is 3.37. The number of aryl methyl sites for hydroxylation is 1. The third-order valence-electron chi connectivity index (χ3n) is 8.31. The number of fused-ring (bicyclic) bond motifs is 3. The van der Waals surface area contributed by atoms with Gasteiger partial charge in [0.05, 0.1) is 17.5 Å². The quantitative estimate of drug-likeness (QED) is 0.236. The molecular formula is C29H23F7INO4S. The highest BCUT2D eigenvalue weighted by atomic mass is 127. The Kier molecular flexibility index (Phi) is 7.90. The molecule has 3 aromatic rings. The molecular weight excluding hydrogens is 718 g/mol. The van der Waals surface area contributed by atoms with Gasteiger partial charge >= 0.3 is 18.0 Å². The summed E-state index contributed by atoms with van der Waals surface area (Å²) in [5.41, 5.74) is -6.85. The molecule has 0 spiro atoms. The Bertz CT molecular complexity index is 1640. The average molecular weight is 741 g/mol. The minimum atomic E-state index is -6.33. The summed E-state index contributed by atoms with van der Waals surface area (Å²) >= 11 is 1.97. The molecule has 0 saturated carbocycles.